The molecular weight excluding hydrogens is 339 g/mol. The van der Waals surface area contributed by atoms with Gasteiger partial charge in [-0.15, -0.1) is 0 Å². The van der Waals surface area contributed by atoms with Crippen molar-refractivity contribution in [3.8, 4) is 11.5 Å². The predicted octanol–water partition coefficient (Wildman–Crippen LogP) is 2.58. The molecule has 4 rings (SSSR count). The number of hydrogen-bond acceptors (Lipinski definition) is 6. The molecule has 0 amide bonds. The van der Waals surface area contributed by atoms with Crippen molar-refractivity contribution in [3.05, 3.63) is 70.7 Å². The average molecular weight is 352 g/mol. The summed E-state index contributed by atoms with van der Waals surface area (Å²) < 4.78 is 19.7. The Morgan fingerprint density at radius 2 is 2.15 bits per heavy atom. The lowest BCUT2D eigenvalue weighted by Crippen LogP contribution is -2.12. The summed E-state index contributed by atoms with van der Waals surface area (Å²) in [4.78, 5) is 22.6. The van der Waals surface area contributed by atoms with E-state index in [1.165, 1.54) is 24.5 Å². The first-order valence-electron chi connectivity index (χ1n) is 7.72. The number of ether oxygens (including phenoxy) is 1. The van der Waals surface area contributed by atoms with E-state index < -0.39 is 5.82 Å². The van der Waals surface area contributed by atoms with E-state index in [0.29, 0.717) is 22.3 Å². The summed E-state index contributed by atoms with van der Waals surface area (Å²) in [7, 11) is 0. The fourth-order valence-electron chi connectivity index (χ4n) is 2.39. The van der Waals surface area contributed by atoms with Gasteiger partial charge in [0.1, 0.15) is 11.1 Å². The van der Waals surface area contributed by atoms with Crippen molar-refractivity contribution >= 4 is 17.0 Å². The summed E-state index contributed by atoms with van der Waals surface area (Å²) in [6.45, 7) is 0.271. The maximum atomic E-state index is 14.2. The molecule has 1 aromatic carbocycles. The van der Waals surface area contributed by atoms with Gasteiger partial charge < -0.3 is 10.1 Å². The van der Waals surface area contributed by atoms with E-state index in [4.69, 9.17) is 4.74 Å². The van der Waals surface area contributed by atoms with Gasteiger partial charge in [-0.25, -0.2) is 4.39 Å². The number of anilines is 1. The monoisotopic (exact) mass is 352 g/mol. The van der Waals surface area contributed by atoms with E-state index >= 15 is 0 Å². The Morgan fingerprint density at radius 1 is 1.23 bits per heavy atom. The van der Waals surface area contributed by atoms with Crippen LogP contribution in [0, 0.1) is 5.82 Å². The normalized spacial score (nSPS) is 10.8. The van der Waals surface area contributed by atoms with Gasteiger partial charge in [0.15, 0.2) is 17.2 Å². The number of aromatic nitrogens is 5. The maximum Gasteiger partial charge on any atom is 0.263 e. The van der Waals surface area contributed by atoms with Gasteiger partial charge in [0.25, 0.3) is 5.56 Å². The molecule has 130 valence electrons. The minimum atomic E-state index is -0.501. The Labute approximate surface area is 146 Å². The molecule has 0 radical (unpaired) electrons. The van der Waals surface area contributed by atoms with Gasteiger partial charge in [-0.2, -0.15) is 10.1 Å². The van der Waals surface area contributed by atoms with Crippen molar-refractivity contribution < 1.29 is 9.13 Å². The van der Waals surface area contributed by atoms with Crippen molar-refractivity contribution in [2.45, 2.75) is 6.54 Å². The topological polar surface area (TPSA) is 109 Å². The molecule has 0 saturated carbocycles. The minimum Gasteiger partial charge on any atom is -0.453 e. The number of benzene rings is 1. The Kier molecular flexibility index (Phi) is 4.02. The molecule has 9 heteroatoms. The van der Waals surface area contributed by atoms with Crippen LogP contribution in [0.1, 0.15) is 5.56 Å². The van der Waals surface area contributed by atoms with E-state index in [1.54, 1.807) is 24.4 Å². The highest BCUT2D eigenvalue weighted by Crippen LogP contribution is 2.24. The lowest BCUT2D eigenvalue weighted by Gasteiger charge is -2.09. The van der Waals surface area contributed by atoms with E-state index in [0.717, 1.165) is 0 Å². The first-order valence-corrected chi connectivity index (χ1v) is 7.72. The zero-order valence-electron chi connectivity index (χ0n) is 13.4. The second-order valence-corrected chi connectivity index (χ2v) is 5.46. The standard InChI is InChI=1S/C17H13FN6O2/c18-13-6-10(3-4-14(13)26-11-2-1-5-19-8-11)7-20-17-22-15-12(9-21-24-15)16(25)23-17/h1-6,8-9H,7H2,(H3,20,21,22,23,24,25). The molecule has 0 fully saturated rings. The molecule has 8 nitrogen and oxygen atoms in total. The van der Waals surface area contributed by atoms with Crippen LogP contribution in [0.5, 0.6) is 11.5 Å². The molecule has 0 atom stereocenters. The van der Waals surface area contributed by atoms with E-state index in [-0.39, 0.29) is 23.8 Å². The molecule has 0 bridgehead atoms. The van der Waals surface area contributed by atoms with Crippen LogP contribution in [0.4, 0.5) is 10.3 Å². The molecule has 0 aliphatic rings. The predicted molar refractivity (Wildman–Crippen MR) is 92.5 cm³/mol. The van der Waals surface area contributed by atoms with Crippen LogP contribution in [0.25, 0.3) is 11.0 Å². The van der Waals surface area contributed by atoms with Crippen LogP contribution in [0.2, 0.25) is 0 Å². The molecule has 0 saturated heterocycles. The smallest absolute Gasteiger partial charge is 0.263 e. The Bertz CT molecular complexity index is 1110. The summed E-state index contributed by atoms with van der Waals surface area (Å²) >= 11 is 0. The second kappa shape index (κ2) is 6.63. The summed E-state index contributed by atoms with van der Waals surface area (Å²) in [6, 6.07) is 8.00. The lowest BCUT2D eigenvalue weighted by atomic mass is 10.2. The van der Waals surface area contributed by atoms with Gasteiger partial charge in [0, 0.05) is 12.7 Å². The van der Waals surface area contributed by atoms with E-state index in [1.807, 2.05) is 0 Å². The van der Waals surface area contributed by atoms with Crippen LogP contribution >= 0.6 is 0 Å². The third-order valence-corrected chi connectivity index (χ3v) is 3.64. The SMILES string of the molecule is O=c1[nH]c(NCc2ccc(Oc3cccnc3)c(F)c2)nc2[nH]ncc12. The number of nitrogens with one attached hydrogen (secondary N) is 3. The van der Waals surface area contributed by atoms with Crippen LogP contribution in [-0.4, -0.2) is 25.1 Å². The van der Waals surface area contributed by atoms with Crippen molar-refractivity contribution in [1.82, 2.24) is 25.1 Å². The summed E-state index contributed by atoms with van der Waals surface area (Å²) in [5, 5.41) is 9.73. The number of hydrogen-bond donors (Lipinski definition) is 3. The fraction of sp³-hybridized carbons (Fsp3) is 0.0588. The minimum absolute atomic E-state index is 0.104. The van der Waals surface area contributed by atoms with Crippen LogP contribution in [0.3, 0.4) is 0 Å². The molecule has 3 N–H and O–H groups in total. The largest absolute Gasteiger partial charge is 0.453 e. The molecular formula is C17H13FN6O2. The Hall–Kier alpha value is -3.75. The molecule has 0 aliphatic carbocycles. The Balaban J connectivity index is 1.48. The zero-order valence-corrected chi connectivity index (χ0v) is 13.4. The average Bonchev–Trinajstić information content (AvgIpc) is 3.12. The number of fused-ring (bicyclic) bond motifs is 1. The van der Waals surface area contributed by atoms with Crippen molar-refractivity contribution in [2.75, 3.05) is 5.32 Å². The number of halogens is 1. The van der Waals surface area contributed by atoms with Crippen molar-refractivity contribution in [3.63, 3.8) is 0 Å². The van der Waals surface area contributed by atoms with Crippen molar-refractivity contribution in [1.29, 1.82) is 0 Å². The van der Waals surface area contributed by atoms with Crippen LogP contribution in [-0.2, 0) is 6.54 Å². The summed E-state index contributed by atoms with van der Waals surface area (Å²) in [6.07, 6.45) is 4.51. The third kappa shape index (κ3) is 3.22. The summed E-state index contributed by atoms with van der Waals surface area (Å²) in [5.41, 5.74) is 0.730. The van der Waals surface area contributed by atoms with Gasteiger partial charge >= 0.3 is 0 Å². The van der Waals surface area contributed by atoms with Crippen LogP contribution in [0.15, 0.2) is 53.7 Å². The quantitative estimate of drug-likeness (QED) is 0.509. The molecule has 0 spiro atoms. The van der Waals surface area contributed by atoms with Crippen LogP contribution < -0.4 is 15.6 Å². The molecule has 4 aromatic rings. The first kappa shape index (κ1) is 15.8. The fourth-order valence-corrected chi connectivity index (χ4v) is 2.39. The highest BCUT2D eigenvalue weighted by atomic mass is 19.1. The number of aromatic amines is 2. The number of nitrogens with zero attached hydrogens (tertiary/aromatic N) is 3. The van der Waals surface area contributed by atoms with E-state index in [2.05, 4.69) is 30.5 Å². The number of rotatable bonds is 5. The molecule has 0 unspecified atom stereocenters. The van der Waals surface area contributed by atoms with Gasteiger partial charge in [-0.05, 0) is 29.8 Å². The molecule has 3 aromatic heterocycles. The van der Waals surface area contributed by atoms with Gasteiger partial charge in [0.05, 0.1) is 12.4 Å². The molecule has 0 aliphatic heterocycles. The van der Waals surface area contributed by atoms with Gasteiger partial charge in [0.2, 0.25) is 5.95 Å². The highest BCUT2D eigenvalue weighted by Gasteiger charge is 2.08. The van der Waals surface area contributed by atoms with Gasteiger partial charge in [-0.3, -0.25) is 19.9 Å². The van der Waals surface area contributed by atoms with Crippen molar-refractivity contribution in [2.24, 2.45) is 0 Å². The van der Waals surface area contributed by atoms with Gasteiger partial charge in [-0.1, -0.05) is 6.07 Å². The third-order valence-electron chi connectivity index (χ3n) is 3.64. The molecule has 3 heterocycles. The van der Waals surface area contributed by atoms with E-state index in [9.17, 15) is 9.18 Å². The number of pyridine rings is 1. The maximum absolute atomic E-state index is 14.2. The lowest BCUT2D eigenvalue weighted by molar-refractivity contribution is 0.440. The zero-order chi connectivity index (χ0) is 17.9. The number of H-pyrrole nitrogens is 2. The molecule has 26 heavy (non-hydrogen) atoms. The first-order chi connectivity index (χ1) is 12.7. The highest BCUT2D eigenvalue weighted by molar-refractivity contribution is 5.73. The Morgan fingerprint density at radius 3 is 2.96 bits per heavy atom. The second-order valence-electron chi connectivity index (χ2n) is 5.46. The summed E-state index contributed by atoms with van der Waals surface area (Å²) in [5.74, 6) is 0.320.